The smallest absolute Gasteiger partial charge is 0.341 e. The summed E-state index contributed by atoms with van der Waals surface area (Å²) in [5.41, 5.74) is 1.92. The molecule has 2 heterocycles. The van der Waals surface area contributed by atoms with Gasteiger partial charge in [0.15, 0.2) is 5.78 Å². The number of Topliss-reactive ketones (excluding diaryl/α,β-unsaturated/α-hetero) is 1. The number of thiophene rings is 1. The van der Waals surface area contributed by atoms with E-state index < -0.39 is 10.0 Å². The van der Waals surface area contributed by atoms with Gasteiger partial charge in [-0.15, -0.1) is 11.3 Å². The molecule has 2 aliphatic rings. The summed E-state index contributed by atoms with van der Waals surface area (Å²) < 4.78 is 33.1. The second-order valence-electron chi connectivity index (χ2n) is 8.76. The molecule has 34 heavy (non-hydrogen) atoms. The lowest BCUT2D eigenvalue weighted by Gasteiger charge is -2.20. The molecule has 0 amide bonds. The monoisotopic (exact) mass is 504 g/mol. The minimum absolute atomic E-state index is 0.0288. The Balaban J connectivity index is 1.51. The van der Waals surface area contributed by atoms with Crippen molar-refractivity contribution in [2.45, 2.75) is 63.2 Å². The third-order valence-corrected chi connectivity index (χ3v) is 9.56. The van der Waals surface area contributed by atoms with Gasteiger partial charge in [0.2, 0.25) is 10.0 Å². The van der Waals surface area contributed by atoms with Gasteiger partial charge in [0.05, 0.1) is 23.6 Å². The molecule has 1 aromatic carbocycles. The predicted molar refractivity (Wildman–Crippen MR) is 133 cm³/mol. The maximum absolute atomic E-state index is 13.1. The first kappa shape index (κ1) is 24.9. The van der Waals surface area contributed by atoms with E-state index in [4.69, 9.17) is 4.74 Å². The average Bonchev–Trinajstić information content (AvgIpc) is 2.99. The van der Waals surface area contributed by atoms with Crippen molar-refractivity contribution >= 4 is 38.1 Å². The van der Waals surface area contributed by atoms with Gasteiger partial charge in [0.1, 0.15) is 5.00 Å². The number of esters is 1. The molecule has 1 N–H and O–H groups in total. The number of anilines is 1. The number of hydrogen-bond donors (Lipinski definition) is 1. The Morgan fingerprint density at radius 2 is 1.79 bits per heavy atom. The third-order valence-electron chi connectivity index (χ3n) is 6.42. The fraction of sp³-hybridized carbons (Fsp3) is 0.520. The molecule has 1 aliphatic carbocycles. The standard InChI is InChI=1S/C25H32N2O5S2/c1-2-32-25(29)23-20-12-5-6-13-22(20)33-24(23)26-17-21(28)18-10-9-11-19(16-18)34(30,31)27-14-7-3-4-8-15-27/h9-11,16,26H,2-8,12-15,17H2,1H3. The Hall–Kier alpha value is -2.23. The van der Waals surface area contributed by atoms with Gasteiger partial charge in [-0.05, 0) is 63.1 Å². The zero-order valence-electron chi connectivity index (χ0n) is 19.6. The van der Waals surface area contributed by atoms with E-state index in [1.807, 2.05) is 0 Å². The lowest BCUT2D eigenvalue weighted by Crippen LogP contribution is -2.32. The molecule has 1 aromatic heterocycles. The van der Waals surface area contributed by atoms with E-state index >= 15 is 0 Å². The van der Waals surface area contributed by atoms with Crippen molar-refractivity contribution < 1.29 is 22.7 Å². The number of sulfonamides is 1. The lowest BCUT2D eigenvalue weighted by atomic mass is 9.95. The highest BCUT2D eigenvalue weighted by Crippen LogP contribution is 2.38. The van der Waals surface area contributed by atoms with Crippen LogP contribution in [0.2, 0.25) is 0 Å². The largest absolute Gasteiger partial charge is 0.462 e. The molecule has 0 radical (unpaired) electrons. The van der Waals surface area contributed by atoms with Gasteiger partial charge in [-0.25, -0.2) is 13.2 Å². The molecule has 0 atom stereocenters. The number of fused-ring (bicyclic) bond motifs is 1. The number of benzene rings is 1. The quantitative estimate of drug-likeness (QED) is 0.415. The van der Waals surface area contributed by atoms with E-state index in [0.29, 0.717) is 35.8 Å². The average molecular weight is 505 g/mol. The van der Waals surface area contributed by atoms with E-state index in [1.54, 1.807) is 25.1 Å². The summed E-state index contributed by atoms with van der Waals surface area (Å²) in [6.07, 6.45) is 7.68. The summed E-state index contributed by atoms with van der Waals surface area (Å²) in [6.45, 7) is 3.07. The van der Waals surface area contributed by atoms with Gasteiger partial charge in [-0.2, -0.15) is 4.31 Å². The number of carbonyl (C=O) groups is 2. The van der Waals surface area contributed by atoms with Gasteiger partial charge >= 0.3 is 5.97 Å². The summed E-state index contributed by atoms with van der Waals surface area (Å²) >= 11 is 1.51. The van der Waals surface area contributed by atoms with Crippen LogP contribution in [0.15, 0.2) is 29.2 Å². The van der Waals surface area contributed by atoms with Crippen molar-refractivity contribution in [1.82, 2.24) is 4.31 Å². The number of aryl methyl sites for hydroxylation is 1. The zero-order valence-corrected chi connectivity index (χ0v) is 21.2. The van der Waals surface area contributed by atoms with Crippen LogP contribution >= 0.6 is 11.3 Å². The number of nitrogens with one attached hydrogen (secondary N) is 1. The minimum Gasteiger partial charge on any atom is -0.462 e. The molecule has 9 heteroatoms. The van der Waals surface area contributed by atoms with E-state index in [2.05, 4.69) is 5.32 Å². The number of ether oxygens (including phenoxy) is 1. The lowest BCUT2D eigenvalue weighted by molar-refractivity contribution is 0.0526. The second kappa shape index (κ2) is 11.0. The molecule has 0 unspecified atom stereocenters. The number of ketones is 1. The normalized spacial score (nSPS) is 17.0. The molecule has 0 spiro atoms. The van der Waals surface area contributed by atoms with Crippen molar-refractivity contribution in [3.63, 3.8) is 0 Å². The molecule has 1 saturated heterocycles. The van der Waals surface area contributed by atoms with Gasteiger partial charge in [0, 0.05) is 23.5 Å². The van der Waals surface area contributed by atoms with Crippen LogP contribution in [0.1, 0.15) is 76.6 Å². The predicted octanol–water partition coefficient (Wildman–Crippen LogP) is 4.66. The maximum atomic E-state index is 13.1. The highest BCUT2D eigenvalue weighted by molar-refractivity contribution is 7.89. The van der Waals surface area contributed by atoms with Gasteiger partial charge < -0.3 is 10.1 Å². The zero-order chi connectivity index (χ0) is 24.1. The van der Waals surface area contributed by atoms with Crippen molar-refractivity contribution in [2.24, 2.45) is 0 Å². The third kappa shape index (κ3) is 5.37. The Bertz CT molecular complexity index is 1150. The first-order valence-electron chi connectivity index (χ1n) is 12.1. The van der Waals surface area contributed by atoms with Crippen LogP contribution < -0.4 is 5.32 Å². The fourth-order valence-electron chi connectivity index (χ4n) is 4.63. The number of hydrogen-bond acceptors (Lipinski definition) is 7. The summed E-state index contributed by atoms with van der Waals surface area (Å²) in [4.78, 5) is 27.0. The van der Waals surface area contributed by atoms with E-state index in [0.717, 1.165) is 56.9 Å². The molecule has 1 aliphatic heterocycles. The van der Waals surface area contributed by atoms with E-state index in [1.165, 1.54) is 26.6 Å². The van der Waals surface area contributed by atoms with Crippen molar-refractivity contribution in [3.8, 4) is 0 Å². The van der Waals surface area contributed by atoms with Gasteiger partial charge in [-0.1, -0.05) is 25.0 Å². The Kier molecular flexibility index (Phi) is 8.06. The topological polar surface area (TPSA) is 92.8 Å². The molecule has 7 nitrogen and oxygen atoms in total. The van der Waals surface area contributed by atoms with Crippen molar-refractivity contribution in [2.75, 3.05) is 31.6 Å². The van der Waals surface area contributed by atoms with Crippen LogP contribution in [0.4, 0.5) is 5.00 Å². The first-order valence-corrected chi connectivity index (χ1v) is 14.4. The Morgan fingerprint density at radius 3 is 2.53 bits per heavy atom. The summed E-state index contributed by atoms with van der Waals surface area (Å²) in [7, 11) is -3.63. The molecule has 184 valence electrons. The number of rotatable bonds is 8. The summed E-state index contributed by atoms with van der Waals surface area (Å²) in [5.74, 6) is -0.587. The fourth-order valence-corrected chi connectivity index (χ4v) is 7.47. The van der Waals surface area contributed by atoms with Crippen molar-refractivity contribution in [1.29, 1.82) is 0 Å². The molecule has 4 rings (SSSR count). The maximum Gasteiger partial charge on any atom is 0.341 e. The van der Waals surface area contributed by atoms with Crippen LogP contribution in [0.5, 0.6) is 0 Å². The summed E-state index contributed by atoms with van der Waals surface area (Å²) in [6, 6.07) is 6.27. The number of nitrogens with zero attached hydrogens (tertiary/aromatic N) is 1. The molecule has 2 aromatic rings. The first-order chi connectivity index (χ1) is 16.4. The molecular weight excluding hydrogens is 472 g/mol. The van der Waals surface area contributed by atoms with Crippen LogP contribution in [-0.2, 0) is 27.6 Å². The van der Waals surface area contributed by atoms with E-state index in [9.17, 15) is 18.0 Å². The van der Waals surface area contributed by atoms with Crippen LogP contribution in [0.3, 0.4) is 0 Å². The molecule has 0 bridgehead atoms. The Labute approximate surface area is 205 Å². The van der Waals surface area contributed by atoms with Gasteiger partial charge in [-0.3, -0.25) is 4.79 Å². The van der Waals surface area contributed by atoms with Crippen molar-refractivity contribution in [3.05, 3.63) is 45.8 Å². The molecule has 1 fully saturated rings. The second-order valence-corrected chi connectivity index (χ2v) is 11.8. The highest BCUT2D eigenvalue weighted by atomic mass is 32.2. The van der Waals surface area contributed by atoms with Crippen LogP contribution in [0, 0.1) is 0 Å². The van der Waals surface area contributed by atoms with Gasteiger partial charge in [0.25, 0.3) is 0 Å². The molecular formula is C25H32N2O5S2. The SMILES string of the molecule is CCOC(=O)c1c(NCC(=O)c2cccc(S(=O)(=O)N3CCCCCC3)c2)sc2c1CCCC2. The van der Waals surface area contributed by atoms with Crippen LogP contribution in [-0.4, -0.2) is 50.7 Å². The van der Waals surface area contributed by atoms with Crippen LogP contribution in [0.25, 0.3) is 0 Å². The minimum atomic E-state index is -3.63. The molecule has 0 saturated carbocycles. The number of carbonyl (C=O) groups excluding carboxylic acids is 2. The highest BCUT2D eigenvalue weighted by Gasteiger charge is 2.28. The summed E-state index contributed by atoms with van der Waals surface area (Å²) in [5, 5.41) is 3.81. The van der Waals surface area contributed by atoms with E-state index in [-0.39, 0.29) is 23.2 Å². The Morgan fingerprint density at radius 1 is 1.06 bits per heavy atom.